The van der Waals surface area contributed by atoms with Gasteiger partial charge >= 0.3 is 6.36 Å². The number of piperazine rings is 1. The highest BCUT2D eigenvalue weighted by Crippen LogP contribution is 2.35. The van der Waals surface area contributed by atoms with Crippen LogP contribution in [-0.2, 0) is 15.4 Å². The van der Waals surface area contributed by atoms with Gasteiger partial charge in [0.2, 0.25) is 11.1 Å². The van der Waals surface area contributed by atoms with Crippen LogP contribution in [0.5, 0.6) is 5.75 Å². The molecular weight excluding hydrogens is 640 g/mol. The lowest BCUT2D eigenvalue weighted by Gasteiger charge is -2.39. The number of hydrogen-bond donors (Lipinski definition) is 3. The Hall–Kier alpha value is -3.66. The minimum Gasteiger partial charge on any atom is -0.403 e. The zero-order valence-corrected chi connectivity index (χ0v) is 27.6. The zero-order chi connectivity index (χ0) is 34.7. The van der Waals surface area contributed by atoms with Crippen molar-refractivity contribution in [2.75, 3.05) is 31.7 Å². The van der Waals surface area contributed by atoms with Crippen LogP contribution in [0.1, 0.15) is 58.3 Å². The summed E-state index contributed by atoms with van der Waals surface area (Å²) in [4.78, 5) is 7.75. The number of nitrogens with one attached hydrogen (secondary N) is 1. The van der Waals surface area contributed by atoms with Crippen molar-refractivity contribution in [2.24, 2.45) is 0 Å². The Balaban J connectivity index is 0.00000154. The first-order valence-electron chi connectivity index (χ1n) is 15.2. The van der Waals surface area contributed by atoms with Crippen LogP contribution in [0.25, 0.3) is 10.9 Å². The van der Waals surface area contributed by atoms with Gasteiger partial charge in [0.1, 0.15) is 24.0 Å². The molecule has 1 saturated heterocycles. The van der Waals surface area contributed by atoms with Crippen LogP contribution in [0.3, 0.4) is 0 Å². The van der Waals surface area contributed by atoms with Gasteiger partial charge in [-0.2, -0.15) is 4.28 Å². The molecule has 0 amide bonds. The highest BCUT2D eigenvalue weighted by atomic mass is 32.2. The number of halogens is 4. The summed E-state index contributed by atoms with van der Waals surface area (Å²) < 4.78 is 75.8. The van der Waals surface area contributed by atoms with E-state index in [2.05, 4.69) is 15.2 Å². The molecule has 3 aromatic carbocycles. The smallest absolute Gasteiger partial charge is 0.403 e. The molecule has 0 radical (unpaired) electrons. The van der Waals surface area contributed by atoms with E-state index in [0.717, 1.165) is 6.07 Å². The first-order valence-corrected chi connectivity index (χ1v) is 16.3. The minimum atomic E-state index is -5.06. The number of aryl methyl sites for hydroxylation is 1. The van der Waals surface area contributed by atoms with Crippen molar-refractivity contribution >= 4 is 27.7 Å². The fraction of sp³-hybridized carbons (Fsp3) is 0.364. The maximum Gasteiger partial charge on any atom is 0.573 e. The summed E-state index contributed by atoms with van der Waals surface area (Å²) in [6.07, 6.45) is -5.89. The Bertz CT molecular complexity index is 1600. The van der Waals surface area contributed by atoms with E-state index in [0.29, 0.717) is 35.1 Å². The number of aromatic nitrogens is 1. The minimum absolute atomic E-state index is 0. The van der Waals surface area contributed by atoms with Crippen molar-refractivity contribution in [1.82, 2.24) is 14.8 Å². The number of hydrogen-bond acceptors (Lipinski definition) is 9. The van der Waals surface area contributed by atoms with Gasteiger partial charge in [-0.3, -0.25) is 14.8 Å². The second kappa shape index (κ2) is 17.5. The third-order valence-electron chi connectivity index (χ3n) is 6.94. The molecule has 2 heterocycles. The van der Waals surface area contributed by atoms with Gasteiger partial charge in [-0.25, -0.2) is 14.1 Å². The van der Waals surface area contributed by atoms with Gasteiger partial charge in [0.15, 0.2) is 5.75 Å². The van der Waals surface area contributed by atoms with Crippen molar-refractivity contribution in [3.63, 3.8) is 0 Å². The van der Waals surface area contributed by atoms with Gasteiger partial charge in [0.25, 0.3) is 0 Å². The Morgan fingerprint density at radius 3 is 2.13 bits per heavy atom. The molecule has 3 N–H and O–H groups in total. The second-order valence-electron chi connectivity index (χ2n) is 9.94. The molecule has 3 unspecified atom stereocenters. The third-order valence-corrected chi connectivity index (χ3v) is 7.86. The zero-order valence-electron chi connectivity index (χ0n) is 26.8. The van der Waals surface area contributed by atoms with Crippen molar-refractivity contribution < 1.29 is 42.4 Å². The molecule has 0 bridgehead atoms. The topological polar surface area (TPSA) is 107 Å². The number of anilines is 1. The molecule has 0 saturated carbocycles. The molecule has 5 rings (SSSR count). The van der Waals surface area contributed by atoms with Crippen LogP contribution in [0.4, 0.5) is 23.2 Å². The number of benzene rings is 3. The summed E-state index contributed by atoms with van der Waals surface area (Å²) in [5.41, 5.74) is 3.60. The number of nitrogens with zero attached hydrogens (tertiary/aromatic N) is 3. The normalized spacial score (nSPS) is 15.8. The van der Waals surface area contributed by atoms with Crippen molar-refractivity contribution in [1.29, 1.82) is 0 Å². The lowest BCUT2D eigenvalue weighted by atomic mass is 10.1. The number of pyridine rings is 1. The quantitative estimate of drug-likeness (QED) is 0.124. The molecule has 1 aromatic heterocycles. The van der Waals surface area contributed by atoms with Crippen LogP contribution in [0.15, 0.2) is 77.8 Å². The Morgan fingerprint density at radius 1 is 0.894 bits per heavy atom. The molecule has 1 aliphatic heterocycles. The van der Waals surface area contributed by atoms with Gasteiger partial charge in [0.05, 0.1) is 10.4 Å². The number of aliphatic hydroxyl groups is 2. The maximum atomic E-state index is 13.8. The van der Waals surface area contributed by atoms with Gasteiger partial charge in [-0.1, -0.05) is 58.0 Å². The lowest BCUT2D eigenvalue weighted by Crippen LogP contribution is -2.48. The van der Waals surface area contributed by atoms with Gasteiger partial charge < -0.3 is 14.9 Å². The van der Waals surface area contributed by atoms with Gasteiger partial charge in [-0.15, -0.1) is 13.2 Å². The number of fused-ring (bicyclic) bond motifs is 1. The predicted molar refractivity (Wildman–Crippen MR) is 175 cm³/mol. The first-order chi connectivity index (χ1) is 22.5. The fourth-order valence-corrected chi connectivity index (χ4v) is 5.67. The number of aliphatic hydroxyl groups excluding tert-OH is 2. The summed E-state index contributed by atoms with van der Waals surface area (Å²) in [6, 6.07) is 16.3. The van der Waals surface area contributed by atoms with Crippen LogP contribution in [0, 0.1) is 12.7 Å². The summed E-state index contributed by atoms with van der Waals surface area (Å²) >= 11 is -2.15. The average Bonchev–Trinajstić information content (AvgIpc) is 3.07. The van der Waals surface area contributed by atoms with E-state index in [1.807, 2.05) is 27.7 Å². The SMILES string of the molecule is CC.CC.Cc1cc(F)cc(C(O)N2CCN(C(O)c3ccc(NOS(=O)c4cccc5cccnc45)c(OC(F)(F)F)c3)CC2)c1.[HH]. The molecule has 1 aliphatic rings. The van der Waals surface area contributed by atoms with E-state index >= 15 is 0 Å². The van der Waals surface area contributed by atoms with Crippen LogP contribution in [-0.4, -0.2) is 61.7 Å². The Labute approximate surface area is 275 Å². The molecule has 0 aliphatic carbocycles. The van der Waals surface area contributed by atoms with Crippen LogP contribution >= 0.6 is 0 Å². The summed E-state index contributed by atoms with van der Waals surface area (Å²) in [7, 11) is 0. The largest absolute Gasteiger partial charge is 0.573 e. The van der Waals surface area contributed by atoms with Crippen LogP contribution in [0.2, 0.25) is 0 Å². The molecule has 47 heavy (non-hydrogen) atoms. The average molecular weight is 683 g/mol. The summed E-state index contributed by atoms with van der Waals surface area (Å²) in [5, 5.41) is 22.4. The second-order valence-corrected chi connectivity index (χ2v) is 11.0. The van der Waals surface area contributed by atoms with E-state index in [1.165, 1.54) is 36.5 Å². The monoisotopic (exact) mass is 682 g/mol. The van der Waals surface area contributed by atoms with Gasteiger partial charge in [-0.05, 0) is 60.0 Å². The van der Waals surface area contributed by atoms with E-state index in [9.17, 15) is 32.0 Å². The Morgan fingerprint density at radius 2 is 1.51 bits per heavy atom. The van der Waals surface area contributed by atoms with Crippen molar-refractivity contribution in [2.45, 2.75) is 58.3 Å². The molecule has 0 spiro atoms. The molecule has 4 aromatic rings. The standard InChI is InChI=1S/C29H28F4N4O5S.2C2H6.H2/c1-18-14-21(16-22(30)15-18)28(39)37-12-10-36(11-13-37)27(38)20-7-8-23(24(17-20)41-29(31,32)33)35-42-43(40)25-6-2-4-19-5-3-9-34-26(19)25;2*1-2;/h2-9,14-17,27-28,35,38-39H,10-13H2,1H3;2*1-2H3;1H. The number of rotatable bonds is 9. The predicted octanol–water partition coefficient (Wildman–Crippen LogP) is 7.25. The molecular formula is C33H42F4N4O5S. The first kappa shape index (κ1) is 37.8. The van der Waals surface area contributed by atoms with Crippen molar-refractivity contribution in [3.05, 3.63) is 95.4 Å². The maximum absolute atomic E-state index is 13.8. The van der Waals surface area contributed by atoms with E-state index in [-0.39, 0.29) is 30.7 Å². The van der Waals surface area contributed by atoms with E-state index in [1.54, 1.807) is 47.1 Å². The van der Waals surface area contributed by atoms with Crippen LogP contribution < -0.4 is 10.2 Å². The molecule has 3 atom stereocenters. The fourth-order valence-electron chi connectivity index (χ4n) is 4.89. The van der Waals surface area contributed by atoms with E-state index < -0.39 is 41.5 Å². The number of ether oxygens (including phenoxy) is 1. The highest BCUT2D eigenvalue weighted by Gasteiger charge is 2.34. The Kier molecular flexibility index (Phi) is 14.1. The van der Waals surface area contributed by atoms with Gasteiger partial charge in [0, 0.05) is 39.2 Å². The summed E-state index contributed by atoms with van der Waals surface area (Å²) in [5.74, 6) is -1.16. The number of alkyl halides is 3. The third kappa shape index (κ3) is 10.2. The highest BCUT2D eigenvalue weighted by molar-refractivity contribution is 7.80. The molecule has 258 valence electrons. The molecule has 1 fully saturated rings. The van der Waals surface area contributed by atoms with Crippen molar-refractivity contribution in [3.8, 4) is 5.75 Å². The molecule has 9 nitrogen and oxygen atoms in total. The van der Waals surface area contributed by atoms with E-state index in [4.69, 9.17) is 4.28 Å². The number of para-hydroxylation sites is 1. The summed E-state index contributed by atoms with van der Waals surface area (Å²) in [6.45, 7) is 10.9. The molecule has 14 heteroatoms. The lowest BCUT2D eigenvalue weighted by molar-refractivity contribution is -0.274.